The molecule has 0 aromatic heterocycles. The van der Waals surface area contributed by atoms with Gasteiger partial charge in [0.25, 0.3) is 0 Å². The highest BCUT2D eigenvalue weighted by atomic mass is 79.9. The second kappa shape index (κ2) is 7.74. The van der Waals surface area contributed by atoms with E-state index >= 15 is 0 Å². The van der Waals surface area contributed by atoms with Gasteiger partial charge in [-0.2, -0.15) is 0 Å². The van der Waals surface area contributed by atoms with Crippen LogP contribution in [0.4, 0.5) is 0 Å². The third kappa shape index (κ3) is 5.35. The number of likely N-dealkylation sites (N-methyl/N-ethyl adjacent to an activating group) is 1. The first-order valence-electron chi connectivity index (χ1n) is 5.89. The number of hydrogen-bond donors (Lipinski definition) is 2. The summed E-state index contributed by atoms with van der Waals surface area (Å²) in [7, 11) is 5.55. The number of rotatable bonds is 7. The highest BCUT2D eigenvalue weighted by Gasteiger charge is 2.07. The van der Waals surface area contributed by atoms with Crippen LogP contribution in [0.3, 0.4) is 0 Å². The van der Waals surface area contributed by atoms with Crippen LogP contribution in [-0.2, 0) is 6.54 Å². The van der Waals surface area contributed by atoms with Crippen molar-refractivity contribution in [1.82, 2.24) is 10.2 Å². The van der Waals surface area contributed by atoms with Crippen LogP contribution in [0.25, 0.3) is 0 Å². The average molecular weight is 317 g/mol. The van der Waals surface area contributed by atoms with Gasteiger partial charge in [0.2, 0.25) is 0 Å². The maximum Gasteiger partial charge on any atom is 0.123 e. The Balaban J connectivity index is 2.45. The molecule has 1 aromatic carbocycles. The Hall–Kier alpha value is -0.620. The molecule has 102 valence electrons. The maximum absolute atomic E-state index is 9.73. The van der Waals surface area contributed by atoms with Gasteiger partial charge in [0, 0.05) is 29.7 Å². The molecule has 4 nitrogen and oxygen atoms in total. The lowest BCUT2D eigenvalue weighted by Gasteiger charge is -2.17. The molecule has 18 heavy (non-hydrogen) atoms. The van der Waals surface area contributed by atoms with E-state index in [9.17, 15) is 5.11 Å². The number of methoxy groups -OCH3 is 1. The number of nitrogens with one attached hydrogen (secondary N) is 1. The van der Waals surface area contributed by atoms with Crippen molar-refractivity contribution >= 4 is 15.9 Å². The Morgan fingerprint density at radius 1 is 1.44 bits per heavy atom. The lowest BCUT2D eigenvalue weighted by Crippen LogP contribution is -2.34. The first kappa shape index (κ1) is 15.4. The van der Waals surface area contributed by atoms with E-state index in [1.807, 2.05) is 37.2 Å². The van der Waals surface area contributed by atoms with Crippen LogP contribution in [0.5, 0.6) is 5.75 Å². The van der Waals surface area contributed by atoms with E-state index in [0.29, 0.717) is 19.6 Å². The Labute approximate surface area is 117 Å². The van der Waals surface area contributed by atoms with Gasteiger partial charge < -0.3 is 20.1 Å². The van der Waals surface area contributed by atoms with Crippen LogP contribution in [0.1, 0.15) is 5.56 Å². The monoisotopic (exact) mass is 316 g/mol. The second-order valence-electron chi connectivity index (χ2n) is 4.50. The molecule has 1 rings (SSSR count). The van der Waals surface area contributed by atoms with Crippen molar-refractivity contribution in [2.75, 3.05) is 34.3 Å². The molecular weight excluding hydrogens is 296 g/mol. The van der Waals surface area contributed by atoms with Gasteiger partial charge in [-0.1, -0.05) is 15.9 Å². The summed E-state index contributed by atoms with van der Waals surface area (Å²) in [4.78, 5) is 1.96. The first-order chi connectivity index (χ1) is 8.52. The molecule has 1 unspecified atom stereocenters. The predicted molar refractivity (Wildman–Crippen MR) is 77.0 cm³/mol. The molecule has 1 aromatic rings. The fraction of sp³-hybridized carbons (Fsp3) is 0.538. The second-order valence-corrected chi connectivity index (χ2v) is 5.42. The summed E-state index contributed by atoms with van der Waals surface area (Å²) in [5, 5.41) is 13.0. The van der Waals surface area contributed by atoms with Crippen molar-refractivity contribution in [2.24, 2.45) is 0 Å². The summed E-state index contributed by atoms with van der Waals surface area (Å²) in [5.74, 6) is 0.854. The van der Waals surface area contributed by atoms with E-state index < -0.39 is 0 Å². The third-order valence-corrected chi connectivity index (χ3v) is 3.01. The maximum atomic E-state index is 9.73. The molecule has 0 spiro atoms. The molecule has 5 heteroatoms. The van der Waals surface area contributed by atoms with Gasteiger partial charge in [-0.05, 0) is 32.3 Å². The number of hydrogen-bond acceptors (Lipinski definition) is 4. The Morgan fingerprint density at radius 3 is 2.78 bits per heavy atom. The van der Waals surface area contributed by atoms with Crippen molar-refractivity contribution in [3.63, 3.8) is 0 Å². The molecule has 0 radical (unpaired) electrons. The minimum atomic E-state index is -0.363. The van der Waals surface area contributed by atoms with Crippen molar-refractivity contribution in [1.29, 1.82) is 0 Å². The Kier molecular flexibility index (Phi) is 6.63. The number of aliphatic hydroxyl groups excluding tert-OH is 1. The van der Waals surface area contributed by atoms with Gasteiger partial charge in [-0.3, -0.25) is 0 Å². The van der Waals surface area contributed by atoms with Gasteiger partial charge >= 0.3 is 0 Å². The van der Waals surface area contributed by atoms with Crippen LogP contribution >= 0.6 is 15.9 Å². The molecule has 1 atom stereocenters. The molecule has 0 aliphatic rings. The van der Waals surface area contributed by atoms with Crippen molar-refractivity contribution in [3.8, 4) is 5.75 Å². The quantitative estimate of drug-likeness (QED) is 0.799. The Morgan fingerprint density at radius 2 is 2.17 bits per heavy atom. The van der Waals surface area contributed by atoms with E-state index in [-0.39, 0.29) is 6.10 Å². The summed E-state index contributed by atoms with van der Waals surface area (Å²) in [6.45, 7) is 1.89. The van der Waals surface area contributed by atoms with E-state index in [0.717, 1.165) is 15.8 Å². The summed E-state index contributed by atoms with van der Waals surface area (Å²) in [6.07, 6.45) is -0.363. The molecule has 0 heterocycles. The highest BCUT2D eigenvalue weighted by molar-refractivity contribution is 9.10. The molecule has 2 N–H and O–H groups in total. The summed E-state index contributed by atoms with van der Waals surface area (Å²) in [5.41, 5.74) is 1.07. The van der Waals surface area contributed by atoms with E-state index in [1.54, 1.807) is 7.11 Å². The molecule has 0 bridgehead atoms. The molecule has 0 aliphatic heterocycles. The van der Waals surface area contributed by atoms with E-state index in [1.165, 1.54) is 0 Å². The van der Waals surface area contributed by atoms with Gasteiger partial charge in [0.05, 0.1) is 13.2 Å². The van der Waals surface area contributed by atoms with Crippen LogP contribution in [0.15, 0.2) is 22.7 Å². The molecule has 0 saturated heterocycles. The number of nitrogens with zero attached hydrogens (tertiary/aromatic N) is 1. The fourth-order valence-corrected chi connectivity index (χ4v) is 2.15. The number of benzene rings is 1. The first-order valence-corrected chi connectivity index (χ1v) is 6.68. The summed E-state index contributed by atoms with van der Waals surface area (Å²) in [6, 6.07) is 5.89. The molecule has 0 saturated carbocycles. The third-order valence-electron chi connectivity index (χ3n) is 2.51. The zero-order valence-corrected chi connectivity index (χ0v) is 12.7. The van der Waals surface area contributed by atoms with Gasteiger partial charge in [0.1, 0.15) is 5.75 Å². The molecule has 0 aliphatic carbocycles. The van der Waals surface area contributed by atoms with Crippen LogP contribution in [-0.4, -0.2) is 50.4 Å². The minimum Gasteiger partial charge on any atom is -0.496 e. The smallest absolute Gasteiger partial charge is 0.123 e. The van der Waals surface area contributed by atoms with Crippen LogP contribution < -0.4 is 10.1 Å². The zero-order valence-electron chi connectivity index (χ0n) is 11.1. The van der Waals surface area contributed by atoms with E-state index in [4.69, 9.17) is 4.74 Å². The number of ether oxygens (including phenoxy) is 1. The SMILES string of the molecule is COc1ccc(Br)cc1CNCC(O)CN(C)C. The van der Waals surface area contributed by atoms with Gasteiger partial charge in [-0.25, -0.2) is 0 Å². The summed E-state index contributed by atoms with van der Waals surface area (Å²) >= 11 is 3.44. The number of halogens is 1. The van der Waals surface area contributed by atoms with Crippen molar-refractivity contribution in [2.45, 2.75) is 12.6 Å². The van der Waals surface area contributed by atoms with Crippen molar-refractivity contribution < 1.29 is 9.84 Å². The fourth-order valence-electron chi connectivity index (χ4n) is 1.74. The normalized spacial score (nSPS) is 12.8. The lowest BCUT2D eigenvalue weighted by molar-refractivity contribution is 0.134. The Bertz CT molecular complexity index is 372. The summed E-state index contributed by atoms with van der Waals surface area (Å²) < 4.78 is 6.31. The minimum absolute atomic E-state index is 0.363. The molecular formula is C13H21BrN2O2. The lowest BCUT2D eigenvalue weighted by atomic mass is 10.2. The average Bonchev–Trinajstić information content (AvgIpc) is 2.28. The number of aliphatic hydroxyl groups is 1. The topological polar surface area (TPSA) is 44.7 Å². The van der Waals surface area contributed by atoms with Gasteiger partial charge in [-0.15, -0.1) is 0 Å². The molecule has 0 amide bonds. The van der Waals surface area contributed by atoms with Crippen molar-refractivity contribution in [3.05, 3.63) is 28.2 Å². The van der Waals surface area contributed by atoms with Crippen LogP contribution in [0.2, 0.25) is 0 Å². The van der Waals surface area contributed by atoms with Gasteiger partial charge in [0.15, 0.2) is 0 Å². The van der Waals surface area contributed by atoms with E-state index in [2.05, 4.69) is 21.2 Å². The molecule has 0 fully saturated rings. The predicted octanol–water partition coefficient (Wildman–Crippen LogP) is 1.47. The zero-order chi connectivity index (χ0) is 13.5. The standard InChI is InChI=1S/C13H21BrN2O2/c1-16(2)9-12(17)8-15-7-10-6-11(14)4-5-13(10)18-3/h4-6,12,15,17H,7-9H2,1-3H3. The van der Waals surface area contributed by atoms with Crippen LogP contribution in [0, 0.1) is 0 Å². The highest BCUT2D eigenvalue weighted by Crippen LogP contribution is 2.22. The largest absolute Gasteiger partial charge is 0.496 e.